The Kier molecular flexibility index (Phi) is 5.07. The summed E-state index contributed by atoms with van der Waals surface area (Å²) < 4.78 is 6.81. The molecule has 0 saturated heterocycles. The molecule has 154 valence electrons. The minimum atomic E-state index is -2.21. The van der Waals surface area contributed by atoms with Crippen molar-refractivity contribution in [2.24, 2.45) is 0 Å². The van der Waals surface area contributed by atoms with Crippen LogP contribution in [0.3, 0.4) is 0 Å². The summed E-state index contributed by atoms with van der Waals surface area (Å²) in [6.45, 7) is 14.4. The first-order valence-corrected chi connectivity index (χ1v) is 13.0. The first kappa shape index (κ1) is 21.4. The van der Waals surface area contributed by atoms with Crippen molar-refractivity contribution in [1.82, 2.24) is 0 Å². The molecular formula is C23H34O4Si. The number of ketones is 1. The molecule has 0 radical (unpaired) electrons. The third-order valence-electron chi connectivity index (χ3n) is 7.15. The van der Waals surface area contributed by atoms with E-state index >= 15 is 0 Å². The van der Waals surface area contributed by atoms with Crippen molar-refractivity contribution in [2.75, 3.05) is 0 Å². The van der Waals surface area contributed by atoms with Crippen molar-refractivity contribution in [2.45, 2.75) is 88.8 Å². The number of Topliss-reactive ketones (excluding diaryl/α,β-unsaturated/α-hetero) is 1. The molecule has 2 unspecified atom stereocenters. The first-order chi connectivity index (χ1) is 12.7. The van der Waals surface area contributed by atoms with Gasteiger partial charge in [0, 0.05) is 11.8 Å². The van der Waals surface area contributed by atoms with Gasteiger partial charge in [-0.05, 0) is 48.2 Å². The topological polar surface area (TPSA) is 66.8 Å². The van der Waals surface area contributed by atoms with E-state index < -0.39 is 31.5 Å². The Balaban J connectivity index is 2.21. The van der Waals surface area contributed by atoms with Crippen LogP contribution in [0.2, 0.25) is 18.1 Å². The zero-order valence-electron chi connectivity index (χ0n) is 18.2. The molecule has 0 amide bonds. The molecule has 1 aromatic rings. The summed E-state index contributed by atoms with van der Waals surface area (Å²) in [4.78, 5) is 11.9. The molecule has 0 spiro atoms. The molecule has 5 heteroatoms. The zero-order chi connectivity index (χ0) is 21.1. The van der Waals surface area contributed by atoms with Gasteiger partial charge in [-0.15, -0.1) is 0 Å². The fourth-order valence-electron chi connectivity index (χ4n) is 4.43. The largest absolute Gasteiger partial charge is 0.407 e. The lowest BCUT2D eigenvalue weighted by atomic mass is 9.56. The summed E-state index contributed by atoms with van der Waals surface area (Å²) in [5, 5.41) is 22.9. The summed E-state index contributed by atoms with van der Waals surface area (Å²) in [6.07, 6.45) is 0.871. The summed E-state index contributed by atoms with van der Waals surface area (Å²) in [7, 11) is -2.21. The van der Waals surface area contributed by atoms with Gasteiger partial charge in [0.05, 0.1) is 6.10 Å². The number of fused-ring (bicyclic) bond motifs is 4. The van der Waals surface area contributed by atoms with E-state index in [0.29, 0.717) is 12.0 Å². The maximum atomic E-state index is 12.0. The Morgan fingerprint density at radius 3 is 2.46 bits per heavy atom. The van der Waals surface area contributed by atoms with Gasteiger partial charge in [-0.25, -0.2) is 0 Å². The van der Waals surface area contributed by atoms with Crippen molar-refractivity contribution < 1.29 is 19.4 Å². The number of rotatable bonds is 4. The second-order valence-electron chi connectivity index (χ2n) is 10.4. The van der Waals surface area contributed by atoms with E-state index in [1.807, 2.05) is 31.2 Å². The SMILES string of the molecule is CC(=O)CC1=CC(O)C2(C)C[C@@]1(O)[C@@H](O[Si](C)(C)C(C)(C)C)c1ccccc12. The van der Waals surface area contributed by atoms with Gasteiger partial charge in [-0.3, -0.25) is 4.79 Å². The van der Waals surface area contributed by atoms with Gasteiger partial charge in [0.25, 0.3) is 0 Å². The number of aliphatic hydroxyl groups is 2. The Hall–Kier alpha value is -1.27. The Morgan fingerprint density at radius 1 is 1.29 bits per heavy atom. The average molecular weight is 403 g/mol. The quantitative estimate of drug-likeness (QED) is 0.578. The second-order valence-corrected chi connectivity index (χ2v) is 15.1. The van der Waals surface area contributed by atoms with E-state index in [1.165, 1.54) is 6.92 Å². The molecule has 4 atom stereocenters. The second kappa shape index (κ2) is 6.63. The summed E-state index contributed by atoms with van der Waals surface area (Å²) in [5.41, 5.74) is 0.622. The van der Waals surface area contributed by atoms with E-state index in [1.54, 1.807) is 6.08 Å². The van der Waals surface area contributed by atoms with Crippen molar-refractivity contribution in [3.63, 3.8) is 0 Å². The molecule has 3 rings (SSSR count). The predicted molar refractivity (Wildman–Crippen MR) is 114 cm³/mol. The van der Waals surface area contributed by atoms with Gasteiger partial charge in [0.1, 0.15) is 17.5 Å². The molecule has 2 N–H and O–H groups in total. The average Bonchev–Trinajstić information content (AvgIpc) is 2.55. The number of aliphatic hydroxyl groups excluding tert-OH is 1. The molecule has 0 aromatic heterocycles. The van der Waals surface area contributed by atoms with Crippen LogP contribution in [-0.2, 0) is 14.6 Å². The molecule has 0 saturated carbocycles. The van der Waals surface area contributed by atoms with Crippen LogP contribution in [0.5, 0.6) is 0 Å². The smallest absolute Gasteiger partial charge is 0.193 e. The molecule has 2 bridgehead atoms. The Labute approximate surface area is 169 Å². The van der Waals surface area contributed by atoms with E-state index in [-0.39, 0.29) is 17.2 Å². The summed E-state index contributed by atoms with van der Waals surface area (Å²) in [6, 6.07) is 7.96. The molecule has 0 aliphatic heterocycles. The zero-order valence-corrected chi connectivity index (χ0v) is 19.2. The maximum absolute atomic E-state index is 12.0. The predicted octanol–water partition coefficient (Wildman–Crippen LogP) is 4.42. The molecule has 28 heavy (non-hydrogen) atoms. The van der Waals surface area contributed by atoms with Crippen LogP contribution < -0.4 is 0 Å². The van der Waals surface area contributed by atoms with E-state index in [4.69, 9.17) is 4.43 Å². The standard InChI is InChI=1S/C23H34O4Si/c1-15(24)12-16-13-19(25)22(5)14-23(16,26)20(17-10-8-9-11-18(17)22)27-28(6,7)21(2,3)4/h8-11,13,19-20,25-26H,12,14H2,1-7H3/t19?,20-,22?,23-/m0/s1. The highest BCUT2D eigenvalue weighted by molar-refractivity contribution is 6.74. The fraction of sp³-hybridized carbons (Fsp3) is 0.609. The maximum Gasteiger partial charge on any atom is 0.193 e. The number of hydrogen-bond acceptors (Lipinski definition) is 4. The highest BCUT2D eigenvalue weighted by Crippen LogP contribution is 2.58. The molecule has 2 aliphatic rings. The van der Waals surface area contributed by atoms with Gasteiger partial charge >= 0.3 is 0 Å². The van der Waals surface area contributed by atoms with E-state index in [9.17, 15) is 15.0 Å². The highest BCUT2D eigenvalue weighted by atomic mass is 28.4. The lowest BCUT2D eigenvalue weighted by molar-refractivity contribution is -0.119. The van der Waals surface area contributed by atoms with E-state index in [0.717, 1.165) is 11.1 Å². The van der Waals surface area contributed by atoms with Gasteiger partial charge in [-0.1, -0.05) is 58.0 Å². The molecule has 0 fully saturated rings. The molecule has 1 aromatic carbocycles. The number of benzene rings is 1. The third-order valence-corrected chi connectivity index (χ3v) is 11.6. The van der Waals surface area contributed by atoms with Crippen molar-refractivity contribution in [1.29, 1.82) is 0 Å². The van der Waals surface area contributed by atoms with Crippen molar-refractivity contribution in [3.8, 4) is 0 Å². The lowest BCUT2D eigenvalue weighted by Crippen LogP contribution is -2.59. The van der Waals surface area contributed by atoms with Gasteiger partial charge in [0.2, 0.25) is 0 Å². The van der Waals surface area contributed by atoms with Crippen LogP contribution in [0.1, 0.15) is 64.7 Å². The monoisotopic (exact) mass is 402 g/mol. The number of hydrogen-bond donors (Lipinski definition) is 2. The van der Waals surface area contributed by atoms with Crippen LogP contribution in [0, 0.1) is 0 Å². The van der Waals surface area contributed by atoms with Crippen LogP contribution in [0.15, 0.2) is 35.9 Å². The molecule has 0 heterocycles. The van der Waals surface area contributed by atoms with Crippen LogP contribution in [0.25, 0.3) is 0 Å². The lowest BCUT2D eigenvalue weighted by Gasteiger charge is -2.56. The summed E-state index contributed by atoms with van der Waals surface area (Å²) >= 11 is 0. The Morgan fingerprint density at radius 2 is 1.89 bits per heavy atom. The number of carbonyl (C=O) groups is 1. The van der Waals surface area contributed by atoms with Crippen molar-refractivity contribution >= 4 is 14.1 Å². The Bertz CT molecular complexity index is 822. The van der Waals surface area contributed by atoms with Crippen LogP contribution in [0.4, 0.5) is 0 Å². The molecule has 4 nitrogen and oxygen atoms in total. The number of carbonyl (C=O) groups excluding carboxylic acids is 1. The van der Waals surface area contributed by atoms with E-state index in [2.05, 4.69) is 33.9 Å². The molecular weight excluding hydrogens is 368 g/mol. The van der Waals surface area contributed by atoms with Crippen LogP contribution >= 0.6 is 0 Å². The fourth-order valence-corrected chi connectivity index (χ4v) is 5.69. The van der Waals surface area contributed by atoms with Gasteiger partial charge < -0.3 is 14.6 Å². The van der Waals surface area contributed by atoms with Crippen LogP contribution in [-0.4, -0.2) is 36.0 Å². The highest BCUT2D eigenvalue weighted by Gasteiger charge is 2.59. The normalized spacial score (nSPS) is 32.5. The van der Waals surface area contributed by atoms with Gasteiger partial charge in [-0.2, -0.15) is 0 Å². The van der Waals surface area contributed by atoms with Gasteiger partial charge in [0.15, 0.2) is 8.32 Å². The minimum Gasteiger partial charge on any atom is -0.407 e. The first-order valence-electron chi connectivity index (χ1n) is 10.1. The third kappa shape index (κ3) is 3.22. The molecule has 2 aliphatic carbocycles. The summed E-state index contributed by atoms with van der Waals surface area (Å²) in [5.74, 6) is -0.0274. The van der Waals surface area contributed by atoms with Crippen molar-refractivity contribution in [3.05, 3.63) is 47.0 Å². The minimum absolute atomic E-state index is 0.0162.